The zero-order valence-corrected chi connectivity index (χ0v) is 15.9. The van der Waals surface area contributed by atoms with Gasteiger partial charge < -0.3 is 11.1 Å². The van der Waals surface area contributed by atoms with Gasteiger partial charge in [0.05, 0.1) is 23.2 Å². The van der Waals surface area contributed by atoms with Crippen LogP contribution in [0.1, 0.15) is 10.4 Å². The molecule has 0 spiro atoms. The Hall–Kier alpha value is -3.39. The monoisotopic (exact) mass is 397 g/mol. The molecular weight excluding hydrogens is 378 g/mol. The molecule has 7 nitrogen and oxygen atoms in total. The molecule has 0 unspecified atom stereocenters. The number of benzene rings is 3. The molecule has 0 aliphatic rings. The van der Waals surface area contributed by atoms with Gasteiger partial charge in [-0.2, -0.15) is 0 Å². The van der Waals surface area contributed by atoms with Crippen LogP contribution in [-0.4, -0.2) is 33.0 Å². The lowest BCUT2D eigenvalue weighted by Gasteiger charge is -2.23. The van der Waals surface area contributed by atoms with Crippen molar-refractivity contribution in [3.63, 3.8) is 0 Å². The van der Waals surface area contributed by atoms with E-state index in [9.17, 15) is 18.0 Å². The number of sulfonamides is 1. The number of para-hydroxylation sites is 1. The summed E-state index contributed by atoms with van der Waals surface area (Å²) in [6.07, 6.45) is 1.04. The van der Waals surface area contributed by atoms with Gasteiger partial charge in [0.2, 0.25) is 15.9 Å². The Labute approximate surface area is 162 Å². The van der Waals surface area contributed by atoms with Gasteiger partial charge in [0.25, 0.3) is 5.91 Å². The topological polar surface area (TPSA) is 110 Å². The predicted molar refractivity (Wildman–Crippen MR) is 110 cm³/mol. The number of hydrogen-bond donors (Lipinski definition) is 2. The van der Waals surface area contributed by atoms with Gasteiger partial charge in [-0.05, 0) is 23.6 Å². The van der Waals surface area contributed by atoms with Crippen molar-refractivity contribution in [2.75, 3.05) is 22.4 Å². The summed E-state index contributed by atoms with van der Waals surface area (Å²) in [4.78, 5) is 24.1. The summed E-state index contributed by atoms with van der Waals surface area (Å²) in [6.45, 7) is -0.445. The molecule has 3 N–H and O–H groups in total. The molecule has 144 valence electrons. The fraction of sp³-hybridized carbons (Fsp3) is 0.100. The van der Waals surface area contributed by atoms with Crippen molar-refractivity contribution in [3.05, 3.63) is 72.3 Å². The molecule has 28 heavy (non-hydrogen) atoms. The molecule has 0 aliphatic heterocycles. The van der Waals surface area contributed by atoms with E-state index < -0.39 is 28.4 Å². The number of carbonyl (C=O) groups is 2. The van der Waals surface area contributed by atoms with Crippen LogP contribution < -0.4 is 15.4 Å². The van der Waals surface area contributed by atoms with Crippen LogP contribution in [-0.2, 0) is 14.8 Å². The van der Waals surface area contributed by atoms with Crippen LogP contribution >= 0.6 is 0 Å². The Kier molecular flexibility index (Phi) is 5.32. The van der Waals surface area contributed by atoms with Crippen LogP contribution in [0.3, 0.4) is 0 Å². The molecule has 0 aromatic heterocycles. The minimum Gasteiger partial charge on any atom is -0.366 e. The van der Waals surface area contributed by atoms with E-state index in [1.165, 1.54) is 12.1 Å². The highest BCUT2D eigenvalue weighted by atomic mass is 32.2. The third kappa shape index (κ3) is 4.12. The van der Waals surface area contributed by atoms with E-state index in [-0.39, 0.29) is 11.3 Å². The van der Waals surface area contributed by atoms with Crippen molar-refractivity contribution in [2.24, 2.45) is 5.73 Å². The second-order valence-corrected chi connectivity index (χ2v) is 8.13. The molecule has 0 bridgehead atoms. The van der Waals surface area contributed by atoms with E-state index in [1.807, 2.05) is 18.2 Å². The first-order valence-electron chi connectivity index (χ1n) is 8.41. The number of hydrogen-bond acceptors (Lipinski definition) is 4. The zero-order valence-electron chi connectivity index (χ0n) is 15.1. The fourth-order valence-electron chi connectivity index (χ4n) is 2.93. The molecule has 3 rings (SSSR count). The Balaban J connectivity index is 1.95. The molecule has 0 aliphatic carbocycles. The lowest BCUT2D eigenvalue weighted by Crippen LogP contribution is -2.37. The lowest BCUT2D eigenvalue weighted by molar-refractivity contribution is -0.114. The van der Waals surface area contributed by atoms with Gasteiger partial charge in [-0.1, -0.05) is 48.5 Å². The van der Waals surface area contributed by atoms with Crippen LogP contribution in [0.5, 0.6) is 0 Å². The van der Waals surface area contributed by atoms with Crippen molar-refractivity contribution in [1.29, 1.82) is 0 Å². The second-order valence-electron chi connectivity index (χ2n) is 6.23. The highest BCUT2D eigenvalue weighted by molar-refractivity contribution is 7.92. The molecule has 2 amide bonds. The fourth-order valence-corrected chi connectivity index (χ4v) is 3.80. The molecular formula is C20H19N3O4S. The summed E-state index contributed by atoms with van der Waals surface area (Å²) in [5.74, 6) is -1.28. The number of fused-ring (bicyclic) bond motifs is 1. The Morgan fingerprint density at radius 2 is 1.61 bits per heavy atom. The van der Waals surface area contributed by atoms with Crippen molar-refractivity contribution in [2.45, 2.75) is 0 Å². The predicted octanol–water partition coefficient (Wildman–Crippen LogP) is 2.34. The van der Waals surface area contributed by atoms with E-state index in [0.717, 1.165) is 15.9 Å². The van der Waals surface area contributed by atoms with Gasteiger partial charge >= 0.3 is 0 Å². The number of nitrogens with one attached hydrogen (secondary N) is 1. The molecule has 0 fully saturated rings. The van der Waals surface area contributed by atoms with Crippen molar-refractivity contribution >= 4 is 44.0 Å². The summed E-state index contributed by atoms with van der Waals surface area (Å²) in [7, 11) is -3.74. The van der Waals surface area contributed by atoms with E-state index in [4.69, 9.17) is 5.73 Å². The molecule has 0 atom stereocenters. The third-order valence-corrected chi connectivity index (χ3v) is 5.32. The van der Waals surface area contributed by atoms with E-state index in [1.54, 1.807) is 36.4 Å². The maximum absolute atomic E-state index is 12.6. The summed E-state index contributed by atoms with van der Waals surface area (Å²) in [6, 6.07) is 18.8. The van der Waals surface area contributed by atoms with Crippen LogP contribution in [0.25, 0.3) is 10.8 Å². The number of rotatable bonds is 6. The molecule has 0 heterocycles. The van der Waals surface area contributed by atoms with Gasteiger partial charge in [0, 0.05) is 5.39 Å². The molecule has 8 heteroatoms. The first-order chi connectivity index (χ1) is 13.3. The average Bonchev–Trinajstić information content (AvgIpc) is 2.65. The van der Waals surface area contributed by atoms with E-state index in [0.29, 0.717) is 11.1 Å². The van der Waals surface area contributed by atoms with Crippen LogP contribution in [0.4, 0.5) is 11.4 Å². The van der Waals surface area contributed by atoms with Gasteiger partial charge in [-0.3, -0.25) is 13.9 Å². The lowest BCUT2D eigenvalue weighted by atomic mass is 10.1. The highest BCUT2D eigenvalue weighted by Gasteiger charge is 2.23. The number of carbonyl (C=O) groups excluding carboxylic acids is 2. The second kappa shape index (κ2) is 7.69. The number of anilines is 2. The molecule has 3 aromatic carbocycles. The average molecular weight is 397 g/mol. The quantitative estimate of drug-likeness (QED) is 0.665. The van der Waals surface area contributed by atoms with Gasteiger partial charge in [0.15, 0.2) is 0 Å². The zero-order chi connectivity index (χ0) is 20.3. The SMILES string of the molecule is CS(=O)(=O)N(CC(=O)Nc1ccccc1C(N)=O)c1cccc2ccccc12. The van der Waals surface area contributed by atoms with Gasteiger partial charge in [-0.15, -0.1) is 0 Å². The Bertz CT molecular complexity index is 1150. The number of nitrogens with zero attached hydrogens (tertiary/aromatic N) is 1. The largest absolute Gasteiger partial charge is 0.366 e. The number of amides is 2. The summed E-state index contributed by atoms with van der Waals surface area (Å²) >= 11 is 0. The Morgan fingerprint density at radius 1 is 0.964 bits per heavy atom. The molecule has 3 aromatic rings. The normalized spacial score (nSPS) is 11.2. The maximum Gasteiger partial charge on any atom is 0.250 e. The van der Waals surface area contributed by atoms with E-state index >= 15 is 0 Å². The van der Waals surface area contributed by atoms with Crippen LogP contribution in [0, 0.1) is 0 Å². The third-order valence-electron chi connectivity index (χ3n) is 4.19. The van der Waals surface area contributed by atoms with E-state index in [2.05, 4.69) is 5.32 Å². The molecule has 0 radical (unpaired) electrons. The van der Waals surface area contributed by atoms with Gasteiger partial charge in [0.1, 0.15) is 6.54 Å². The standard InChI is InChI=1S/C20H19N3O4S/c1-28(26,27)23(18-12-6-8-14-7-2-3-9-15(14)18)13-19(24)22-17-11-5-4-10-16(17)20(21)25/h2-12H,13H2,1H3,(H2,21,25)(H,22,24). The maximum atomic E-state index is 12.6. The number of primary amides is 1. The summed E-state index contributed by atoms with van der Waals surface area (Å²) < 4.78 is 25.9. The van der Waals surface area contributed by atoms with Crippen molar-refractivity contribution in [1.82, 2.24) is 0 Å². The van der Waals surface area contributed by atoms with Crippen molar-refractivity contribution < 1.29 is 18.0 Å². The highest BCUT2D eigenvalue weighted by Crippen LogP contribution is 2.28. The van der Waals surface area contributed by atoms with Gasteiger partial charge in [-0.25, -0.2) is 8.42 Å². The Morgan fingerprint density at radius 3 is 2.32 bits per heavy atom. The van der Waals surface area contributed by atoms with Crippen molar-refractivity contribution in [3.8, 4) is 0 Å². The van der Waals surface area contributed by atoms with Crippen LogP contribution in [0.15, 0.2) is 66.7 Å². The smallest absolute Gasteiger partial charge is 0.250 e. The molecule has 0 saturated heterocycles. The first-order valence-corrected chi connectivity index (χ1v) is 10.3. The number of nitrogens with two attached hydrogens (primary N) is 1. The first kappa shape index (κ1) is 19.4. The van der Waals surface area contributed by atoms with Crippen LogP contribution in [0.2, 0.25) is 0 Å². The summed E-state index contributed by atoms with van der Waals surface area (Å²) in [5, 5.41) is 4.13. The minimum atomic E-state index is -3.74. The summed E-state index contributed by atoms with van der Waals surface area (Å²) in [5.41, 5.74) is 6.09. The minimum absolute atomic E-state index is 0.145. The molecule has 0 saturated carbocycles.